The molecule has 1 aliphatic carbocycles. The first-order chi connectivity index (χ1) is 8.22. The molecule has 0 bridgehead atoms. The van der Waals surface area contributed by atoms with Crippen LogP contribution < -0.4 is 5.73 Å². The van der Waals surface area contributed by atoms with E-state index in [-0.39, 0.29) is 11.9 Å². The molecule has 92 valence electrons. The number of carbonyl (C=O) groups excluding carboxylic acids is 1. The predicted molar refractivity (Wildman–Crippen MR) is 66.1 cm³/mol. The van der Waals surface area contributed by atoms with Crippen molar-refractivity contribution in [2.24, 2.45) is 11.7 Å². The Balaban J connectivity index is 1.94. The Bertz CT molecular complexity index is 394. The van der Waals surface area contributed by atoms with Gasteiger partial charge in [-0.25, -0.2) is 0 Å². The average Bonchev–Trinajstić information content (AvgIpc) is 3.03. The summed E-state index contributed by atoms with van der Waals surface area (Å²) in [5, 5.41) is 0. The van der Waals surface area contributed by atoms with Gasteiger partial charge in [-0.05, 0) is 37.0 Å². The first kappa shape index (κ1) is 11.9. The SMILES string of the molecule is CN(C(=O)/C=C/c1ccco1)C(CN)C1CC1. The fraction of sp³-hybridized carbons (Fsp3) is 0.462. The van der Waals surface area contributed by atoms with Gasteiger partial charge in [0, 0.05) is 25.7 Å². The summed E-state index contributed by atoms with van der Waals surface area (Å²) >= 11 is 0. The summed E-state index contributed by atoms with van der Waals surface area (Å²) in [5.41, 5.74) is 5.71. The highest BCUT2D eigenvalue weighted by atomic mass is 16.3. The molecule has 1 atom stereocenters. The van der Waals surface area contributed by atoms with E-state index in [1.54, 1.807) is 23.3 Å². The number of amides is 1. The van der Waals surface area contributed by atoms with Gasteiger partial charge in [0.25, 0.3) is 0 Å². The number of nitrogens with two attached hydrogens (primary N) is 1. The maximum Gasteiger partial charge on any atom is 0.246 e. The van der Waals surface area contributed by atoms with Gasteiger partial charge in [0.15, 0.2) is 0 Å². The van der Waals surface area contributed by atoms with Crippen LogP contribution in [0.5, 0.6) is 0 Å². The van der Waals surface area contributed by atoms with E-state index < -0.39 is 0 Å². The number of hydrogen-bond donors (Lipinski definition) is 1. The van der Waals surface area contributed by atoms with Gasteiger partial charge in [-0.3, -0.25) is 4.79 Å². The third-order valence-electron chi connectivity index (χ3n) is 3.19. The second kappa shape index (κ2) is 5.19. The van der Waals surface area contributed by atoms with Crippen LogP contribution >= 0.6 is 0 Å². The Kier molecular flexibility index (Phi) is 3.64. The Morgan fingerprint density at radius 2 is 2.47 bits per heavy atom. The molecule has 2 N–H and O–H groups in total. The number of rotatable bonds is 5. The molecule has 0 aliphatic heterocycles. The van der Waals surface area contributed by atoms with Crippen LogP contribution in [-0.4, -0.2) is 30.4 Å². The van der Waals surface area contributed by atoms with E-state index in [0.29, 0.717) is 18.2 Å². The predicted octanol–water partition coefficient (Wildman–Crippen LogP) is 1.49. The fourth-order valence-electron chi connectivity index (χ4n) is 1.97. The Labute approximate surface area is 101 Å². The van der Waals surface area contributed by atoms with Crippen molar-refractivity contribution in [1.29, 1.82) is 0 Å². The van der Waals surface area contributed by atoms with E-state index >= 15 is 0 Å². The quantitative estimate of drug-likeness (QED) is 0.785. The summed E-state index contributed by atoms with van der Waals surface area (Å²) in [7, 11) is 1.81. The van der Waals surface area contributed by atoms with E-state index in [1.807, 2.05) is 13.1 Å². The molecule has 1 unspecified atom stereocenters. The van der Waals surface area contributed by atoms with Crippen LogP contribution in [0.2, 0.25) is 0 Å². The molecule has 1 amide bonds. The van der Waals surface area contributed by atoms with Crippen molar-refractivity contribution in [3.8, 4) is 0 Å². The Hall–Kier alpha value is -1.55. The first-order valence-electron chi connectivity index (χ1n) is 5.91. The molecule has 2 rings (SSSR count). The monoisotopic (exact) mass is 234 g/mol. The van der Waals surface area contributed by atoms with Crippen molar-refractivity contribution >= 4 is 12.0 Å². The fourth-order valence-corrected chi connectivity index (χ4v) is 1.97. The highest BCUT2D eigenvalue weighted by Gasteiger charge is 2.34. The van der Waals surface area contributed by atoms with Gasteiger partial charge in [-0.15, -0.1) is 0 Å². The van der Waals surface area contributed by atoms with Crippen LogP contribution in [0.4, 0.5) is 0 Å². The minimum Gasteiger partial charge on any atom is -0.465 e. The molecule has 1 aromatic rings. The first-order valence-corrected chi connectivity index (χ1v) is 5.91. The lowest BCUT2D eigenvalue weighted by Crippen LogP contribution is -2.42. The second-order valence-corrected chi connectivity index (χ2v) is 4.44. The Morgan fingerprint density at radius 1 is 1.71 bits per heavy atom. The van der Waals surface area contributed by atoms with Crippen LogP contribution in [0, 0.1) is 5.92 Å². The molecule has 1 fully saturated rings. The zero-order chi connectivity index (χ0) is 12.3. The van der Waals surface area contributed by atoms with Gasteiger partial charge in [0.1, 0.15) is 5.76 Å². The number of carbonyl (C=O) groups is 1. The molecule has 1 aromatic heterocycles. The summed E-state index contributed by atoms with van der Waals surface area (Å²) < 4.78 is 5.13. The van der Waals surface area contributed by atoms with Crippen LogP contribution in [0.25, 0.3) is 6.08 Å². The van der Waals surface area contributed by atoms with Crippen molar-refractivity contribution < 1.29 is 9.21 Å². The zero-order valence-electron chi connectivity index (χ0n) is 10.0. The third-order valence-corrected chi connectivity index (χ3v) is 3.19. The number of hydrogen-bond acceptors (Lipinski definition) is 3. The second-order valence-electron chi connectivity index (χ2n) is 4.44. The molecule has 0 saturated heterocycles. The largest absolute Gasteiger partial charge is 0.465 e. The molecule has 1 saturated carbocycles. The van der Waals surface area contributed by atoms with Crippen LogP contribution in [-0.2, 0) is 4.79 Å². The molecule has 1 aliphatic rings. The average molecular weight is 234 g/mol. The van der Waals surface area contributed by atoms with Crippen LogP contribution in [0.1, 0.15) is 18.6 Å². The highest BCUT2D eigenvalue weighted by Crippen LogP contribution is 2.34. The van der Waals surface area contributed by atoms with E-state index in [1.165, 1.54) is 18.9 Å². The van der Waals surface area contributed by atoms with Gasteiger partial charge in [-0.2, -0.15) is 0 Å². The number of likely N-dealkylation sites (N-methyl/N-ethyl adjacent to an activating group) is 1. The lowest BCUT2D eigenvalue weighted by Gasteiger charge is -2.25. The molecule has 0 aromatic carbocycles. The van der Waals surface area contributed by atoms with Gasteiger partial charge in [0.05, 0.1) is 6.26 Å². The van der Waals surface area contributed by atoms with Crippen LogP contribution in [0.15, 0.2) is 28.9 Å². The van der Waals surface area contributed by atoms with E-state index in [4.69, 9.17) is 10.2 Å². The molecule has 17 heavy (non-hydrogen) atoms. The lowest BCUT2D eigenvalue weighted by atomic mass is 10.1. The van der Waals surface area contributed by atoms with Crippen molar-refractivity contribution in [2.45, 2.75) is 18.9 Å². The molecule has 0 radical (unpaired) electrons. The smallest absolute Gasteiger partial charge is 0.246 e. The maximum atomic E-state index is 11.9. The molecular weight excluding hydrogens is 216 g/mol. The summed E-state index contributed by atoms with van der Waals surface area (Å²) in [6, 6.07) is 3.77. The third kappa shape index (κ3) is 2.97. The van der Waals surface area contributed by atoms with E-state index in [9.17, 15) is 4.79 Å². The molecule has 0 spiro atoms. The van der Waals surface area contributed by atoms with Crippen molar-refractivity contribution in [2.75, 3.05) is 13.6 Å². The topological polar surface area (TPSA) is 59.5 Å². The Morgan fingerprint density at radius 3 is 3.00 bits per heavy atom. The summed E-state index contributed by atoms with van der Waals surface area (Å²) in [4.78, 5) is 13.6. The molecule has 1 heterocycles. The van der Waals surface area contributed by atoms with Crippen LogP contribution in [0.3, 0.4) is 0 Å². The van der Waals surface area contributed by atoms with Crippen molar-refractivity contribution in [3.63, 3.8) is 0 Å². The lowest BCUT2D eigenvalue weighted by molar-refractivity contribution is -0.126. The van der Waals surface area contributed by atoms with E-state index in [2.05, 4.69) is 0 Å². The molecule has 4 nitrogen and oxygen atoms in total. The van der Waals surface area contributed by atoms with Crippen molar-refractivity contribution in [1.82, 2.24) is 4.90 Å². The summed E-state index contributed by atoms with van der Waals surface area (Å²) in [5.74, 6) is 1.25. The van der Waals surface area contributed by atoms with E-state index in [0.717, 1.165) is 0 Å². The maximum absolute atomic E-state index is 11.9. The summed E-state index contributed by atoms with van der Waals surface area (Å²) in [6.45, 7) is 0.529. The molecule has 4 heteroatoms. The van der Waals surface area contributed by atoms with Gasteiger partial charge in [-0.1, -0.05) is 0 Å². The van der Waals surface area contributed by atoms with Gasteiger partial charge < -0.3 is 15.1 Å². The minimum atomic E-state index is -0.0243. The van der Waals surface area contributed by atoms with Gasteiger partial charge >= 0.3 is 0 Å². The van der Waals surface area contributed by atoms with Crippen molar-refractivity contribution in [3.05, 3.63) is 30.2 Å². The summed E-state index contributed by atoms with van der Waals surface area (Å²) in [6.07, 6.45) is 7.16. The molecular formula is C13H18N2O2. The minimum absolute atomic E-state index is 0.0243. The number of nitrogens with zero attached hydrogens (tertiary/aromatic N) is 1. The standard InChI is InChI=1S/C13H18N2O2/c1-15(12(9-14)10-4-5-10)13(16)7-6-11-3-2-8-17-11/h2-3,6-8,10,12H,4-5,9,14H2,1H3/b7-6+. The number of furan rings is 1. The van der Waals surface area contributed by atoms with Gasteiger partial charge in [0.2, 0.25) is 5.91 Å². The normalized spacial score (nSPS) is 17.3. The highest BCUT2D eigenvalue weighted by molar-refractivity contribution is 5.91. The zero-order valence-corrected chi connectivity index (χ0v) is 10.0.